The Bertz CT molecular complexity index is 1090. The van der Waals surface area contributed by atoms with Crippen molar-refractivity contribution < 1.29 is 13.5 Å². The molecule has 0 spiro atoms. The molecule has 2 aromatic carbocycles. The van der Waals surface area contributed by atoms with Gasteiger partial charge in [-0.2, -0.15) is 10.2 Å². The van der Waals surface area contributed by atoms with E-state index in [2.05, 4.69) is 32.5 Å². The van der Waals surface area contributed by atoms with Gasteiger partial charge in [0.05, 0.1) is 36.2 Å². The zero-order chi connectivity index (χ0) is 21.6. The fourth-order valence-electron chi connectivity index (χ4n) is 4.60. The number of halogens is 2. The summed E-state index contributed by atoms with van der Waals surface area (Å²) < 4.78 is 33.4. The molecule has 1 N–H and O–H groups in total. The average Bonchev–Trinajstić information content (AvgIpc) is 2.79. The zero-order valence-electron chi connectivity index (χ0n) is 17.7. The summed E-state index contributed by atoms with van der Waals surface area (Å²) in [5.74, 6) is -2.87. The number of nitrogens with one attached hydrogen (secondary N) is 1. The molecule has 0 amide bonds. The molecular formula is C24H26F2N4O. The molecule has 0 radical (unpaired) electrons. The number of aromatic nitrogens is 2. The summed E-state index contributed by atoms with van der Waals surface area (Å²) >= 11 is 0. The lowest BCUT2D eigenvalue weighted by Gasteiger charge is -2.46. The summed E-state index contributed by atoms with van der Waals surface area (Å²) in [6.07, 6.45) is 4.28. The normalized spacial score (nSPS) is 22.0. The number of ether oxygens (including phenoxy) is 1. The predicted molar refractivity (Wildman–Crippen MR) is 118 cm³/mol. The summed E-state index contributed by atoms with van der Waals surface area (Å²) in [5, 5.41) is 12.8. The summed E-state index contributed by atoms with van der Waals surface area (Å²) in [6.45, 7) is 4.57. The van der Waals surface area contributed by atoms with Gasteiger partial charge < -0.3 is 15.0 Å². The van der Waals surface area contributed by atoms with Crippen LogP contribution in [0, 0.1) is 0 Å². The van der Waals surface area contributed by atoms with E-state index >= 15 is 0 Å². The van der Waals surface area contributed by atoms with Crippen molar-refractivity contribution in [3.8, 4) is 0 Å². The third-order valence-electron chi connectivity index (χ3n) is 6.41. The summed E-state index contributed by atoms with van der Waals surface area (Å²) in [6, 6.07) is 13.0. The van der Waals surface area contributed by atoms with E-state index < -0.39 is 5.92 Å². The van der Waals surface area contributed by atoms with Gasteiger partial charge in [-0.25, -0.2) is 8.78 Å². The molecule has 31 heavy (non-hydrogen) atoms. The van der Waals surface area contributed by atoms with Gasteiger partial charge in [-0.1, -0.05) is 18.2 Å². The zero-order valence-corrected chi connectivity index (χ0v) is 17.7. The van der Waals surface area contributed by atoms with E-state index in [4.69, 9.17) is 4.74 Å². The van der Waals surface area contributed by atoms with Crippen LogP contribution in [0.15, 0.2) is 48.7 Å². The van der Waals surface area contributed by atoms with E-state index in [0.717, 1.165) is 60.8 Å². The van der Waals surface area contributed by atoms with Crippen LogP contribution >= 0.6 is 0 Å². The quantitative estimate of drug-likeness (QED) is 0.604. The molecule has 2 unspecified atom stereocenters. The van der Waals surface area contributed by atoms with Gasteiger partial charge in [0.25, 0.3) is 5.92 Å². The Kier molecular flexibility index (Phi) is 5.01. The van der Waals surface area contributed by atoms with Gasteiger partial charge in [-0.05, 0) is 49.6 Å². The van der Waals surface area contributed by atoms with Gasteiger partial charge in [0.1, 0.15) is 0 Å². The van der Waals surface area contributed by atoms with E-state index in [1.54, 1.807) is 18.3 Å². The highest BCUT2D eigenvalue weighted by molar-refractivity contribution is 5.93. The van der Waals surface area contributed by atoms with Crippen LogP contribution in [0.5, 0.6) is 0 Å². The van der Waals surface area contributed by atoms with Gasteiger partial charge in [0.2, 0.25) is 0 Å². The van der Waals surface area contributed by atoms with Crippen molar-refractivity contribution in [2.24, 2.45) is 0 Å². The highest BCUT2D eigenvalue weighted by atomic mass is 19.3. The fraction of sp³-hybridized carbons (Fsp3) is 0.417. The van der Waals surface area contributed by atoms with Crippen LogP contribution in [0.3, 0.4) is 0 Å². The number of fused-ring (bicyclic) bond motifs is 4. The Labute approximate surface area is 180 Å². The van der Waals surface area contributed by atoms with Crippen LogP contribution in [-0.2, 0) is 10.7 Å². The molecule has 0 aliphatic carbocycles. The molecule has 3 aliphatic rings. The number of anilines is 2. The Morgan fingerprint density at radius 1 is 1.19 bits per heavy atom. The Morgan fingerprint density at radius 3 is 2.77 bits per heavy atom. The minimum Gasteiger partial charge on any atom is -0.377 e. The van der Waals surface area contributed by atoms with Crippen LogP contribution in [0.4, 0.5) is 20.2 Å². The summed E-state index contributed by atoms with van der Waals surface area (Å²) in [5.41, 5.74) is 3.60. The molecule has 3 aliphatic heterocycles. The molecule has 3 atom stereocenters. The van der Waals surface area contributed by atoms with E-state index in [1.807, 2.05) is 19.1 Å². The monoisotopic (exact) mass is 424 g/mol. The molecule has 3 saturated heterocycles. The molecule has 3 aromatic rings. The van der Waals surface area contributed by atoms with E-state index in [1.165, 1.54) is 6.07 Å². The lowest BCUT2D eigenvalue weighted by Crippen LogP contribution is -2.54. The first kappa shape index (κ1) is 20.1. The Balaban J connectivity index is 1.45. The van der Waals surface area contributed by atoms with Crippen molar-refractivity contribution in [3.63, 3.8) is 0 Å². The maximum absolute atomic E-state index is 13.8. The third kappa shape index (κ3) is 3.94. The Morgan fingerprint density at radius 2 is 2.06 bits per heavy atom. The highest BCUT2D eigenvalue weighted by Crippen LogP contribution is 2.35. The second-order valence-electron chi connectivity index (χ2n) is 8.68. The molecule has 2 bridgehead atoms. The third-order valence-corrected chi connectivity index (χ3v) is 6.41. The largest absolute Gasteiger partial charge is 0.377 e. The van der Waals surface area contributed by atoms with Crippen LogP contribution in [0.25, 0.3) is 10.9 Å². The SMILES string of the molecule is C[C@@H](Nc1cnnc2ccc(N3CC4CCC3CO4)cc12)c1cccc(C(C)(F)F)c1. The number of benzene rings is 2. The van der Waals surface area contributed by atoms with Crippen LogP contribution in [0.2, 0.25) is 0 Å². The molecule has 0 saturated carbocycles. The lowest BCUT2D eigenvalue weighted by atomic mass is 9.96. The van der Waals surface area contributed by atoms with Crippen molar-refractivity contribution in [1.82, 2.24) is 10.2 Å². The van der Waals surface area contributed by atoms with Gasteiger partial charge >= 0.3 is 0 Å². The van der Waals surface area contributed by atoms with Crippen molar-refractivity contribution in [3.05, 3.63) is 59.8 Å². The average molecular weight is 424 g/mol. The molecule has 5 nitrogen and oxygen atoms in total. The molecule has 1 aromatic heterocycles. The number of alkyl halides is 2. The highest BCUT2D eigenvalue weighted by Gasteiger charge is 2.34. The lowest BCUT2D eigenvalue weighted by molar-refractivity contribution is -0.0225. The molecule has 7 heteroatoms. The maximum Gasteiger partial charge on any atom is 0.270 e. The predicted octanol–water partition coefficient (Wildman–Crippen LogP) is 5.28. The van der Waals surface area contributed by atoms with E-state index in [0.29, 0.717) is 12.1 Å². The number of hydrogen-bond donors (Lipinski definition) is 1. The van der Waals surface area contributed by atoms with E-state index in [9.17, 15) is 8.78 Å². The second-order valence-corrected chi connectivity index (χ2v) is 8.68. The summed E-state index contributed by atoms with van der Waals surface area (Å²) in [7, 11) is 0. The molecule has 4 heterocycles. The first-order chi connectivity index (χ1) is 14.9. The molecular weight excluding hydrogens is 398 g/mol. The first-order valence-corrected chi connectivity index (χ1v) is 10.8. The van der Waals surface area contributed by atoms with Gasteiger partial charge in [-0.15, -0.1) is 0 Å². The van der Waals surface area contributed by atoms with Gasteiger partial charge in [-0.3, -0.25) is 0 Å². The van der Waals surface area contributed by atoms with Crippen molar-refractivity contribution in [2.75, 3.05) is 23.4 Å². The van der Waals surface area contributed by atoms with Gasteiger partial charge in [0, 0.05) is 36.1 Å². The van der Waals surface area contributed by atoms with Crippen LogP contribution < -0.4 is 10.2 Å². The molecule has 6 rings (SSSR count). The number of rotatable bonds is 5. The maximum atomic E-state index is 13.8. The van der Waals surface area contributed by atoms with Gasteiger partial charge in [0.15, 0.2) is 0 Å². The fourth-order valence-corrected chi connectivity index (χ4v) is 4.60. The minimum absolute atomic E-state index is 0.0148. The van der Waals surface area contributed by atoms with Crippen molar-refractivity contribution >= 4 is 22.3 Å². The standard InChI is InChI=1S/C24H26F2N4O/c1-15(16-4-3-5-17(10-16)24(2,25)26)28-23-12-27-29-22-9-7-18(11-21(22)23)30-13-20-8-6-19(30)14-31-20/h3-5,7,9-12,15,19-20H,6,8,13-14H2,1-2H3,(H,28,29)/t15-,19?,20?/m1/s1. The second kappa shape index (κ2) is 7.71. The number of hydrogen-bond acceptors (Lipinski definition) is 5. The molecule has 3 fully saturated rings. The Hall–Kier alpha value is -2.80. The molecule has 162 valence electrons. The van der Waals surface area contributed by atoms with Crippen molar-refractivity contribution in [2.45, 2.75) is 50.8 Å². The van der Waals surface area contributed by atoms with Crippen LogP contribution in [-0.4, -0.2) is 35.5 Å². The number of piperidine rings is 1. The van der Waals surface area contributed by atoms with Crippen LogP contribution in [0.1, 0.15) is 43.9 Å². The minimum atomic E-state index is -2.87. The summed E-state index contributed by atoms with van der Waals surface area (Å²) in [4.78, 5) is 2.43. The van der Waals surface area contributed by atoms with Crippen molar-refractivity contribution in [1.29, 1.82) is 0 Å². The first-order valence-electron chi connectivity index (χ1n) is 10.8. The smallest absolute Gasteiger partial charge is 0.270 e. The number of morpholine rings is 1. The topological polar surface area (TPSA) is 50.3 Å². The number of nitrogens with zero attached hydrogens (tertiary/aromatic N) is 3. The van der Waals surface area contributed by atoms with E-state index in [-0.39, 0.29) is 11.6 Å².